The Morgan fingerprint density at radius 1 is 1.29 bits per heavy atom. The fourth-order valence-corrected chi connectivity index (χ4v) is 2.24. The number of hydrogen-bond donors (Lipinski definition) is 2. The standard InChI is InChI=1S/C15H15FN4O/c1-17-8-13(21)11-5-3-7-14(19-11)20-9-18-15-10(16)4-2-6-12(15)20/h2-7,9,13,17,21H,8H2,1H3. The SMILES string of the molecule is CNCC(O)c1cccc(-n2cnc3c(F)cccc32)n1. The van der Waals surface area contributed by atoms with E-state index >= 15 is 0 Å². The number of imidazole rings is 1. The van der Waals surface area contributed by atoms with Crippen molar-refractivity contribution in [3.63, 3.8) is 0 Å². The Morgan fingerprint density at radius 2 is 2.10 bits per heavy atom. The van der Waals surface area contributed by atoms with Crippen LogP contribution in [0.5, 0.6) is 0 Å². The molecule has 0 aliphatic heterocycles. The quantitative estimate of drug-likeness (QED) is 0.768. The Labute approximate surface area is 121 Å². The summed E-state index contributed by atoms with van der Waals surface area (Å²) < 4.78 is 15.4. The minimum absolute atomic E-state index is 0.306. The number of nitrogens with one attached hydrogen (secondary N) is 1. The number of aromatic nitrogens is 3. The van der Waals surface area contributed by atoms with Gasteiger partial charge in [-0.15, -0.1) is 0 Å². The number of benzene rings is 1. The first kappa shape index (κ1) is 13.7. The minimum Gasteiger partial charge on any atom is -0.385 e. The largest absolute Gasteiger partial charge is 0.385 e. The number of rotatable bonds is 4. The minimum atomic E-state index is -0.693. The molecular formula is C15H15FN4O. The van der Waals surface area contributed by atoms with Crippen molar-refractivity contribution < 1.29 is 9.50 Å². The van der Waals surface area contributed by atoms with Crippen molar-refractivity contribution in [2.75, 3.05) is 13.6 Å². The maximum atomic E-state index is 13.7. The monoisotopic (exact) mass is 286 g/mol. The van der Waals surface area contributed by atoms with Gasteiger partial charge in [0.05, 0.1) is 11.2 Å². The van der Waals surface area contributed by atoms with Gasteiger partial charge in [-0.3, -0.25) is 4.57 Å². The second kappa shape index (κ2) is 5.59. The predicted molar refractivity (Wildman–Crippen MR) is 77.7 cm³/mol. The van der Waals surface area contributed by atoms with E-state index in [9.17, 15) is 9.50 Å². The molecule has 0 saturated heterocycles. The van der Waals surface area contributed by atoms with Gasteiger partial charge in [-0.25, -0.2) is 14.4 Å². The van der Waals surface area contributed by atoms with Crippen LogP contribution in [0.2, 0.25) is 0 Å². The summed E-state index contributed by atoms with van der Waals surface area (Å²) in [4.78, 5) is 8.50. The first-order valence-corrected chi connectivity index (χ1v) is 6.62. The number of pyridine rings is 1. The molecule has 6 heteroatoms. The van der Waals surface area contributed by atoms with Gasteiger partial charge < -0.3 is 10.4 Å². The molecule has 0 bridgehead atoms. The third-order valence-electron chi connectivity index (χ3n) is 3.27. The zero-order chi connectivity index (χ0) is 14.8. The van der Waals surface area contributed by atoms with Crippen LogP contribution in [0.1, 0.15) is 11.8 Å². The molecule has 2 aromatic heterocycles. The van der Waals surface area contributed by atoms with E-state index in [4.69, 9.17) is 0 Å². The molecule has 3 rings (SSSR count). The fraction of sp³-hybridized carbons (Fsp3) is 0.200. The summed E-state index contributed by atoms with van der Waals surface area (Å²) in [5.74, 6) is 0.230. The van der Waals surface area contributed by atoms with Gasteiger partial charge in [0.1, 0.15) is 23.8 Å². The lowest BCUT2D eigenvalue weighted by Crippen LogP contribution is -2.18. The molecule has 2 heterocycles. The summed E-state index contributed by atoms with van der Waals surface area (Å²) in [5.41, 5.74) is 1.50. The van der Waals surface area contributed by atoms with Gasteiger partial charge in [-0.05, 0) is 31.3 Å². The zero-order valence-electron chi connectivity index (χ0n) is 11.5. The molecule has 1 unspecified atom stereocenters. The lowest BCUT2D eigenvalue weighted by Gasteiger charge is -2.11. The van der Waals surface area contributed by atoms with Crippen molar-refractivity contribution >= 4 is 11.0 Å². The van der Waals surface area contributed by atoms with E-state index in [-0.39, 0.29) is 5.82 Å². The van der Waals surface area contributed by atoms with E-state index < -0.39 is 6.10 Å². The Kier molecular flexibility index (Phi) is 3.64. The molecule has 0 aliphatic rings. The van der Waals surface area contributed by atoms with Crippen molar-refractivity contribution in [3.05, 3.63) is 54.2 Å². The van der Waals surface area contributed by atoms with E-state index in [0.29, 0.717) is 29.1 Å². The first-order valence-electron chi connectivity index (χ1n) is 6.62. The zero-order valence-corrected chi connectivity index (χ0v) is 11.5. The van der Waals surface area contributed by atoms with Crippen molar-refractivity contribution in [1.29, 1.82) is 0 Å². The number of aliphatic hydroxyl groups is 1. The second-order valence-corrected chi connectivity index (χ2v) is 4.72. The Morgan fingerprint density at radius 3 is 2.90 bits per heavy atom. The van der Waals surface area contributed by atoms with E-state index in [1.54, 1.807) is 35.9 Å². The molecule has 1 aromatic carbocycles. The lowest BCUT2D eigenvalue weighted by atomic mass is 10.2. The topological polar surface area (TPSA) is 63.0 Å². The van der Waals surface area contributed by atoms with Gasteiger partial charge in [0.25, 0.3) is 0 Å². The smallest absolute Gasteiger partial charge is 0.151 e. The number of halogens is 1. The van der Waals surface area contributed by atoms with Gasteiger partial charge >= 0.3 is 0 Å². The van der Waals surface area contributed by atoms with Gasteiger partial charge in [-0.1, -0.05) is 12.1 Å². The third-order valence-corrected chi connectivity index (χ3v) is 3.27. The van der Waals surface area contributed by atoms with Gasteiger partial charge in [0.2, 0.25) is 0 Å². The number of likely N-dealkylation sites (N-methyl/N-ethyl adjacent to an activating group) is 1. The highest BCUT2D eigenvalue weighted by Gasteiger charge is 2.12. The summed E-state index contributed by atoms with van der Waals surface area (Å²) in [5, 5.41) is 12.9. The third kappa shape index (κ3) is 2.51. The second-order valence-electron chi connectivity index (χ2n) is 4.72. The predicted octanol–water partition coefficient (Wildman–Crippen LogP) is 1.81. The van der Waals surface area contributed by atoms with Crippen LogP contribution >= 0.6 is 0 Å². The maximum absolute atomic E-state index is 13.7. The number of aliphatic hydroxyl groups excluding tert-OH is 1. The molecule has 21 heavy (non-hydrogen) atoms. The molecule has 0 spiro atoms. The number of nitrogens with zero attached hydrogens (tertiary/aromatic N) is 3. The average molecular weight is 286 g/mol. The maximum Gasteiger partial charge on any atom is 0.151 e. The van der Waals surface area contributed by atoms with Crippen molar-refractivity contribution in [3.8, 4) is 5.82 Å². The Balaban J connectivity index is 2.07. The van der Waals surface area contributed by atoms with Crippen LogP contribution in [-0.4, -0.2) is 33.2 Å². The van der Waals surface area contributed by atoms with Crippen LogP contribution < -0.4 is 5.32 Å². The van der Waals surface area contributed by atoms with Crippen LogP contribution in [0.3, 0.4) is 0 Å². The summed E-state index contributed by atoms with van der Waals surface area (Å²) in [6.07, 6.45) is 0.839. The molecular weight excluding hydrogens is 271 g/mol. The average Bonchev–Trinajstić information content (AvgIpc) is 2.93. The van der Waals surface area contributed by atoms with Gasteiger partial charge in [0.15, 0.2) is 5.82 Å². The molecule has 0 radical (unpaired) electrons. The van der Waals surface area contributed by atoms with Gasteiger partial charge in [-0.2, -0.15) is 0 Å². The Hall–Kier alpha value is -2.31. The molecule has 108 valence electrons. The van der Waals surface area contributed by atoms with Crippen LogP contribution in [0.15, 0.2) is 42.7 Å². The normalized spacial score (nSPS) is 12.7. The summed E-state index contributed by atoms with van der Waals surface area (Å²) >= 11 is 0. The Bertz CT molecular complexity index is 771. The molecule has 1 atom stereocenters. The molecule has 0 saturated carbocycles. The number of para-hydroxylation sites is 1. The molecule has 0 amide bonds. The highest BCUT2D eigenvalue weighted by atomic mass is 19.1. The van der Waals surface area contributed by atoms with E-state index in [2.05, 4.69) is 15.3 Å². The summed E-state index contributed by atoms with van der Waals surface area (Å²) in [7, 11) is 1.76. The summed E-state index contributed by atoms with van der Waals surface area (Å²) in [6.45, 7) is 0.412. The molecule has 0 aliphatic carbocycles. The summed E-state index contributed by atoms with van der Waals surface area (Å²) in [6, 6.07) is 10.1. The fourth-order valence-electron chi connectivity index (χ4n) is 2.24. The van der Waals surface area contributed by atoms with Crippen molar-refractivity contribution in [2.24, 2.45) is 0 Å². The van der Waals surface area contributed by atoms with E-state index in [0.717, 1.165) is 0 Å². The van der Waals surface area contributed by atoms with Crippen LogP contribution in [0, 0.1) is 5.82 Å². The lowest BCUT2D eigenvalue weighted by molar-refractivity contribution is 0.173. The van der Waals surface area contributed by atoms with Crippen molar-refractivity contribution in [1.82, 2.24) is 19.9 Å². The van der Waals surface area contributed by atoms with E-state index in [1.165, 1.54) is 12.4 Å². The highest BCUT2D eigenvalue weighted by molar-refractivity contribution is 5.77. The molecule has 5 nitrogen and oxygen atoms in total. The molecule has 3 aromatic rings. The first-order chi connectivity index (χ1) is 10.2. The van der Waals surface area contributed by atoms with Crippen LogP contribution in [0.4, 0.5) is 4.39 Å². The molecule has 2 N–H and O–H groups in total. The number of hydrogen-bond acceptors (Lipinski definition) is 4. The number of fused-ring (bicyclic) bond motifs is 1. The van der Waals surface area contributed by atoms with Crippen LogP contribution in [0.25, 0.3) is 16.9 Å². The highest BCUT2D eigenvalue weighted by Crippen LogP contribution is 2.20. The van der Waals surface area contributed by atoms with E-state index in [1.807, 2.05) is 6.07 Å². The molecule has 0 fully saturated rings. The van der Waals surface area contributed by atoms with Crippen LogP contribution in [-0.2, 0) is 0 Å². The van der Waals surface area contributed by atoms with Gasteiger partial charge in [0, 0.05) is 6.54 Å². The van der Waals surface area contributed by atoms with Crippen molar-refractivity contribution in [2.45, 2.75) is 6.10 Å².